The Bertz CT molecular complexity index is 909. The Morgan fingerprint density at radius 2 is 1.56 bits per heavy atom. The molecular weight excluding hydrogens is 368 g/mol. The number of aliphatic carboxylic acids is 1. The summed E-state index contributed by atoms with van der Waals surface area (Å²) in [5, 5.41) is 12.1. The highest BCUT2D eigenvalue weighted by molar-refractivity contribution is 7.89. The molecule has 0 aromatic heterocycles. The van der Waals surface area contributed by atoms with E-state index in [-0.39, 0.29) is 10.5 Å². The molecular formula is C19H22N2O5S. The number of carboxylic acid groups (broad SMARTS) is 1. The van der Waals surface area contributed by atoms with Crippen molar-refractivity contribution in [1.29, 1.82) is 0 Å². The average Bonchev–Trinajstić information content (AvgIpc) is 2.66. The summed E-state index contributed by atoms with van der Waals surface area (Å²) in [5.74, 6) is -2.35. The van der Waals surface area contributed by atoms with E-state index in [0.717, 1.165) is 4.31 Å². The normalized spacial score (nSPS) is 13.8. The average molecular weight is 390 g/mol. The first-order chi connectivity index (χ1) is 12.6. The Morgan fingerprint density at radius 1 is 1.00 bits per heavy atom. The SMILES string of the molecule is CC(C(=O)O)C(NC(=O)c1ccc(S(=O)(=O)N(C)C)cc1)c1ccccc1. The lowest BCUT2D eigenvalue weighted by Crippen LogP contribution is -2.35. The Hall–Kier alpha value is -2.71. The summed E-state index contributed by atoms with van der Waals surface area (Å²) in [6.07, 6.45) is 0. The lowest BCUT2D eigenvalue weighted by molar-refractivity contribution is -0.142. The van der Waals surface area contributed by atoms with Gasteiger partial charge in [0.1, 0.15) is 0 Å². The fraction of sp³-hybridized carbons (Fsp3) is 0.263. The summed E-state index contributed by atoms with van der Waals surface area (Å²) < 4.78 is 25.3. The molecule has 0 fully saturated rings. The third-order valence-electron chi connectivity index (χ3n) is 4.23. The first-order valence-electron chi connectivity index (χ1n) is 8.26. The van der Waals surface area contributed by atoms with Gasteiger partial charge in [-0.3, -0.25) is 9.59 Å². The van der Waals surface area contributed by atoms with Crippen LogP contribution in [0.15, 0.2) is 59.5 Å². The Morgan fingerprint density at radius 3 is 2.04 bits per heavy atom. The maximum atomic E-state index is 12.6. The highest BCUT2D eigenvalue weighted by Gasteiger charge is 2.27. The van der Waals surface area contributed by atoms with E-state index in [0.29, 0.717) is 5.56 Å². The second-order valence-electron chi connectivity index (χ2n) is 6.30. The van der Waals surface area contributed by atoms with Crippen molar-refractivity contribution in [3.8, 4) is 0 Å². The zero-order chi connectivity index (χ0) is 20.2. The summed E-state index contributed by atoms with van der Waals surface area (Å²) in [6.45, 7) is 1.52. The van der Waals surface area contributed by atoms with Gasteiger partial charge in [0.2, 0.25) is 10.0 Å². The molecule has 0 spiro atoms. The smallest absolute Gasteiger partial charge is 0.308 e. The lowest BCUT2D eigenvalue weighted by Gasteiger charge is -2.23. The van der Waals surface area contributed by atoms with E-state index in [9.17, 15) is 23.1 Å². The molecule has 0 saturated heterocycles. The van der Waals surface area contributed by atoms with Crippen LogP contribution in [0.2, 0.25) is 0 Å². The molecule has 2 unspecified atom stereocenters. The molecule has 0 radical (unpaired) electrons. The number of nitrogens with one attached hydrogen (secondary N) is 1. The summed E-state index contributed by atoms with van der Waals surface area (Å²) >= 11 is 0. The van der Waals surface area contributed by atoms with Crippen molar-refractivity contribution in [2.75, 3.05) is 14.1 Å². The van der Waals surface area contributed by atoms with Crippen LogP contribution in [-0.2, 0) is 14.8 Å². The van der Waals surface area contributed by atoms with E-state index in [1.54, 1.807) is 30.3 Å². The molecule has 144 valence electrons. The van der Waals surface area contributed by atoms with Gasteiger partial charge in [-0.2, -0.15) is 0 Å². The molecule has 27 heavy (non-hydrogen) atoms. The molecule has 0 aliphatic heterocycles. The molecule has 0 aliphatic rings. The summed E-state index contributed by atoms with van der Waals surface area (Å²) in [5.41, 5.74) is 0.916. The van der Waals surface area contributed by atoms with Crippen LogP contribution in [0, 0.1) is 5.92 Å². The maximum Gasteiger partial charge on any atom is 0.308 e. The van der Waals surface area contributed by atoms with Crippen molar-refractivity contribution < 1.29 is 23.1 Å². The predicted octanol–water partition coefficient (Wildman–Crippen LogP) is 2.13. The van der Waals surface area contributed by atoms with Crippen LogP contribution >= 0.6 is 0 Å². The minimum absolute atomic E-state index is 0.0718. The molecule has 7 nitrogen and oxygen atoms in total. The third-order valence-corrected chi connectivity index (χ3v) is 6.06. The van der Waals surface area contributed by atoms with Crippen molar-refractivity contribution in [2.24, 2.45) is 5.92 Å². The molecule has 2 atom stereocenters. The number of benzene rings is 2. The predicted molar refractivity (Wildman–Crippen MR) is 101 cm³/mol. The number of sulfonamides is 1. The van der Waals surface area contributed by atoms with Gasteiger partial charge in [0.25, 0.3) is 5.91 Å². The van der Waals surface area contributed by atoms with Gasteiger partial charge in [0.15, 0.2) is 0 Å². The molecule has 0 aliphatic carbocycles. The fourth-order valence-corrected chi connectivity index (χ4v) is 3.42. The third kappa shape index (κ3) is 4.72. The largest absolute Gasteiger partial charge is 0.481 e. The van der Waals surface area contributed by atoms with Crippen molar-refractivity contribution in [1.82, 2.24) is 9.62 Å². The van der Waals surface area contributed by atoms with Gasteiger partial charge < -0.3 is 10.4 Å². The van der Waals surface area contributed by atoms with E-state index in [2.05, 4.69) is 5.32 Å². The number of carbonyl (C=O) groups is 2. The van der Waals surface area contributed by atoms with Crippen LogP contribution in [0.25, 0.3) is 0 Å². The first-order valence-corrected chi connectivity index (χ1v) is 9.70. The first kappa shape index (κ1) is 20.6. The van der Waals surface area contributed by atoms with E-state index < -0.39 is 33.9 Å². The molecule has 0 saturated carbocycles. The van der Waals surface area contributed by atoms with E-state index in [4.69, 9.17) is 0 Å². The number of carboxylic acids is 1. The Kier molecular flexibility index (Phi) is 6.35. The highest BCUT2D eigenvalue weighted by Crippen LogP contribution is 2.23. The molecule has 2 aromatic rings. The number of nitrogens with zero attached hydrogens (tertiary/aromatic N) is 1. The maximum absolute atomic E-state index is 12.6. The van der Waals surface area contributed by atoms with Crippen LogP contribution < -0.4 is 5.32 Å². The fourth-order valence-electron chi connectivity index (χ4n) is 2.51. The lowest BCUT2D eigenvalue weighted by atomic mass is 9.94. The Labute approximate surface area is 158 Å². The topological polar surface area (TPSA) is 104 Å². The molecule has 2 aromatic carbocycles. The molecule has 2 N–H and O–H groups in total. The van der Waals surface area contributed by atoms with Crippen LogP contribution in [0.5, 0.6) is 0 Å². The number of hydrogen-bond acceptors (Lipinski definition) is 4. The summed E-state index contributed by atoms with van der Waals surface area (Å²) in [6, 6.07) is 13.6. The van der Waals surface area contributed by atoms with E-state index in [1.807, 2.05) is 0 Å². The zero-order valence-corrected chi connectivity index (χ0v) is 16.1. The van der Waals surface area contributed by atoms with Gasteiger partial charge in [-0.25, -0.2) is 12.7 Å². The highest BCUT2D eigenvalue weighted by atomic mass is 32.2. The number of rotatable bonds is 7. The minimum Gasteiger partial charge on any atom is -0.481 e. The molecule has 8 heteroatoms. The van der Waals surface area contributed by atoms with Gasteiger partial charge in [-0.15, -0.1) is 0 Å². The number of carbonyl (C=O) groups excluding carboxylic acids is 1. The monoisotopic (exact) mass is 390 g/mol. The van der Waals surface area contributed by atoms with Crippen LogP contribution in [0.3, 0.4) is 0 Å². The van der Waals surface area contributed by atoms with Crippen molar-refractivity contribution in [3.05, 3.63) is 65.7 Å². The standard InChI is InChI=1S/C19H22N2O5S/c1-13(19(23)24)17(14-7-5-4-6-8-14)20-18(22)15-9-11-16(12-10-15)27(25,26)21(2)3/h4-13,17H,1-3H3,(H,20,22)(H,23,24). The van der Waals surface area contributed by atoms with Crippen molar-refractivity contribution in [2.45, 2.75) is 17.9 Å². The van der Waals surface area contributed by atoms with E-state index in [1.165, 1.54) is 45.3 Å². The van der Waals surface area contributed by atoms with Gasteiger partial charge in [0.05, 0.1) is 16.9 Å². The molecule has 0 bridgehead atoms. The van der Waals surface area contributed by atoms with Gasteiger partial charge in [-0.05, 0) is 36.8 Å². The Balaban J connectivity index is 2.26. The second-order valence-corrected chi connectivity index (χ2v) is 8.45. The van der Waals surface area contributed by atoms with Gasteiger partial charge >= 0.3 is 5.97 Å². The molecule has 1 amide bonds. The van der Waals surface area contributed by atoms with Crippen LogP contribution in [-0.4, -0.2) is 43.8 Å². The van der Waals surface area contributed by atoms with Crippen molar-refractivity contribution >= 4 is 21.9 Å². The number of amides is 1. The quantitative estimate of drug-likeness (QED) is 0.754. The van der Waals surface area contributed by atoms with Crippen molar-refractivity contribution in [3.63, 3.8) is 0 Å². The van der Waals surface area contributed by atoms with E-state index >= 15 is 0 Å². The number of hydrogen-bond donors (Lipinski definition) is 2. The van der Waals surface area contributed by atoms with Crippen LogP contribution in [0.4, 0.5) is 0 Å². The van der Waals surface area contributed by atoms with Gasteiger partial charge in [-0.1, -0.05) is 30.3 Å². The molecule has 2 rings (SSSR count). The molecule has 0 heterocycles. The zero-order valence-electron chi connectivity index (χ0n) is 15.3. The minimum atomic E-state index is -3.59. The second kappa shape index (κ2) is 8.32. The summed E-state index contributed by atoms with van der Waals surface area (Å²) in [7, 11) is -0.738. The van der Waals surface area contributed by atoms with Gasteiger partial charge in [0, 0.05) is 19.7 Å². The van der Waals surface area contributed by atoms with Crippen LogP contribution in [0.1, 0.15) is 28.9 Å². The summed E-state index contributed by atoms with van der Waals surface area (Å²) in [4.78, 5) is 24.1.